The number of carboxylic acid groups (broad SMARTS) is 1. The van der Waals surface area contributed by atoms with Crippen LogP contribution in [0.15, 0.2) is 30.3 Å². The lowest BCUT2D eigenvalue weighted by atomic mass is 9.92. The zero-order valence-corrected chi connectivity index (χ0v) is 23.2. The van der Waals surface area contributed by atoms with Crippen LogP contribution in [0.5, 0.6) is 5.88 Å². The van der Waals surface area contributed by atoms with Gasteiger partial charge in [-0.15, -0.1) is 0 Å². The molecule has 1 aliphatic carbocycles. The van der Waals surface area contributed by atoms with Gasteiger partial charge in [0.15, 0.2) is 5.82 Å². The van der Waals surface area contributed by atoms with E-state index in [9.17, 15) is 23.5 Å². The van der Waals surface area contributed by atoms with E-state index in [4.69, 9.17) is 9.47 Å². The number of imidazole rings is 1. The fourth-order valence-electron chi connectivity index (χ4n) is 6.10. The van der Waals surface area contributed by atoms with Gasteiger partial charge < -0.3 is 24.4 Å². The summed E-state index contributed by atoms with van der Waals surface area (Å²) >= 11 is 0. The van der Waals surface area contributed by atoms with Crippen molar-refractivity contribution in [2.75, 3.05) is 44.8 Å². The summed E-state index contributed by atoms with van der Waals surface area (Å²) in [6.07, 6.45) is -0.904. The van der Waals surface area contributed by atoms with Gasteiger partial charge in [0.05, 0.1) is 24.2 Å². The van der Waals surface area contributed by atoms with Crippen molar-refractivity contribution < 1.29 is 33.0 Å². The number of anilines is 1. The van der Waals surface area contributed by atoms with Gasteiger partial charge in [-0.3, -0.25) is 14.3 Å². The molecular formula is C28H33F2N7O5. The van der Waals surface area contributed by atoms with Crippen molar-refractivity contribution >= 4 is 29.0 Å². The monoisotopic (exact) mass is 585 g/mol. The second-order valence-corrected chi connectivity index (χ2v) is 10.8. The number of hydrogen-bond donors (Lipinski definition) is 1. The van der Waals surface area contributed by atoms with Gasteiger partial charge in [0.1, 0.15) is 18.0 Å². The fraction of sp³-hybridized carbons (Fsp3) is 0.536. The molecule has 0 unspecified atom stereocenters. The molecule has 12 nitrogen and oxygen atoms in total. The number of rotatable bonds is 7. The zero-order chi connectivity index (χ0) is 29.4. The normalized spacial score (nSPS) is 23.1. The van der Waals surface area contributed by atoms with Gasteiger partial charge >= 0.3 is 6.09 Å². The minimum Gasteiger partial charge on any atom is -0.474 e. The highest BCUT2D eigenvalue weighted by molar-refractivity contribution is 5.87. The number of aromatic nitrogens is 4. The number of fused-ring (bicyclic) bond motifs is 1. The third-order valence-electron chi connectivity index (χ3n) is 8.33. The maximum absolute atomic E-state index is 14.1. The number of likely N-dealkylation sites (tertiary alicyclic amines) is 1. The second kappa shape index (κ2) is 11.7. The van der Waals surface area contributed by atoms with Crippen molar-refractivity contribution in [3.05, 3.63) is 36.2 Å². The summed E-state index contributed by atoms with van der Waals surface area (Å²) in [5.74, 6) is 0.339. The van der Waals surface area contributed by atoms with Crippen LogP contribution >= 0.6 is 0 Å². The Balaban J connectivity index is 1.23. The Labute approximate surface area is 240 Å². The van der Waals surface area contributed by atoms with Crippen molar-refractivity contribution in [1.29, 1.82) is 0 Å². The number of benzene rings is 1. The number of likely N-dealkylation sites (N-methyl/N-ethyl adjacent to an activating group) is 1. The summed E-state index contributed by atoms with van der Waals surface area (Å²) in [7, 11) is 1.43. The van der Waals surface area contributed by atoms with Gasteiger partial charge in [0.2, 0.25) is 17.7 Å². The van der Waals surface area contributed by atoms with E-state index in [0.29, 0.717) is 81.9 Å². The van der Waals surface area contributed by atoms with Crippen molar-refractivity contribution in [2.24, 2.45) is 0 Å². The quantitative estimate of drug-likeness (QED) is 0.443. The van der Waals surface area contributed by atoms with Crippen LogP contribution in [0.2, 0.25) is 0 Å². The fourth-order valence-corrected chi connectivity index (χ4v) is 6.10. The molecule has 0 radical (unpaired) electrons. The highest BCUT2D eigenvalue weighted by Crippen LogP contribution is 2.33. The number of alkyl halides is 2. The van der Waals surface area contributed by atoms with Crippen LogP contribution in [0.3, 0.4) is 0 Å². The molecule has 2 saturated heterocycles. The minimum absolute atomic E-state index is 0.0142. The average molecular weight is 586 g/mol. The first-order valence-electron chi connectivity index (χ1n) is 14.2. The lowest BCUT2D eigenvalue weighted by molar-refractivity contribution is -0.134. The Morgan fingerprint density at radius 1 is 1.07 bits per heavy atom. The van der Waals surface area contributed by atoms with E-state index in [-0.39, 0.29) is 29.8 Å². The van der Waals surface area contributed by atoms with Crippen LogP contribution < -0.4 is 9.64 Å². The van der Waals surface area contributed by atoms with E-state index in [1.807, 2.05) is 4.90 Å². The number of halogens is 2. The van der Waals surface area contributed by atoms with Crippen molar-refractivity contribution in [1.82, 2.24) is 29.3 Å². The molecule has 2 aromatic heterocycles. The van der Waals surface area contributed by atoms with E-state index in [1.54, 1.807) is 35.2 Å². The van der Waals surface area contributed by atoms with Crippen LogP contribution in [0, 0.1) is 0 Å². The van der Waals surface area contributed by atoms with Gasteiger partial charge in [-0.1, -0.05) is 12.1 Å². The molecule has 1 saturated carbocycles. The third-order valence-corrected chi connectivity index (χ3v) is 8.33. The molecule has 224 valence electrons. The average Bonchev–Trinajstić information content (AvgIpc) is 3.58. The lowest BCUT2D eigenvalue weighted by Gasteiger charge is -2.35. The molecule has 2 amide bonds. The molecule has 1 aromatic carbocycles. The van der Waals surface area contributed by atoms with Crippen LogP contribution in [0.25, 0.3) is 16.9 Å². The van der Waals surface area contributed by atoms with Gasteiger partial charge in [-0.05, 0) is 44.2 Å². The molecular weight excluding hydrogens is 552 g/mol. The predicted molar refractivity (Wildman–Crippen MR) is 147 cm³/mol. The van der Waals surface area contributed by atoms with Gasteiger partial charge in [0.25, 0.3) is 6.43 Å². The van der Waals surface area contributed by atoms with Crippen molar-refractivity contribution in [3.63, 3.8) is 0 Å². The first-order valence-corrected chi connectivity index (χ1v) is 14.2. The number of nitrogens with zero attached hydrogens (tertiary/aromatic N) is 7. The number of ether oxygens (including phenoxy) is 2. The van der Waals surface area contributed by atoms with Crippen molar-refractivity contribution in [3.8, 4) is 11.7 Å². The van der Waals surface area contributed by atoms with Gasteiger partial charge in [-0.25, -0.2) is 18.6 Å². The van der Waals surface area contributed by atoms with E-state index in [0.717, 1.165) is 4.90 Å². The Kier molecular flexibility index (Phi) is 7.80. The molecule has 0 spiro atoms. The molecule has 3 fully saturated rings. The maximum Gasteiger partial charge on any atom is 0.407 e. The Morgan fingerprint density at radius 2 is 1.81 bits per heavy atom. The highest BCUT2D eigenvalue weighted by Gasteiger charge is 2.41. The number of carbonyl (C=O) groups is 2. The molecule has 4 heterocycles. The molecule has 6 rings (SSSR count). The summed E-state index contributed by atoms with van der Waals surface area (Å²) < 4.78 is 41.4. The molecule has 42 heavy (non-hydrogen) atoms. The number of hydrogen-bond acceptors (Lipinski definition) is 8. The molecule has 1 N–H and O–H groups in total. The summed E-state index contributed by atoms with van der Waals surface area (Å²) in [6, 6.07) is 7.87. The van der Waals surface area contributed by atoms with E-state index in [2.05, 4.69) is 15.0 Å². The van der Waals surface area contributed by atoms with Crippen LogP contribution in [-0.4, -0.2) is 105 Å². The molecule has 0 bridgehead atoms. The predicted octanol–water partition coefficient (Wildman–Crippen LogP) is 3.49. The molecule has 3 aromatic rings. The first kappa shape index (κ1) is 28.1. The molecule has 2 aliphatic heterocycles. The first-order chi connectivity index (χ1) is 20.3. The molecule has 14 heteroatoms. The summed E-state index contributed by atoms with van der Waals surface area (Å²) in [6.45, 7) is 2.65. The smallest absolute Gasteiger partial charge is 0.407 e. The molecule has 3 aliphatic rings. The summed E-state index contributed by atoms with van der Waals surface area (Å²) in [4.78, 5) is 42.6. The summed E-state index contributed by atoms with van der Waals surface area (Å²) in [5, 5.41) is 9.29. The second-order valence-electron chi connectivity index (χ2n) is 10.8. The Bertz CT molecular complexity index is 1460. The van der Waals surface area contributed by atoms with Crippen LogP contribution in [-0.2, 0) is 9.53 Å². The Morgan fingerprint density at radius 3 is 2.52 bits per heavy atom. The van der Waals surface area contributed by atoms with Gasteiger partial charge in [-0.2, -0.15) is 9.97 Å². The van der Waals surface area contributed by atoms with Crippen LogP contribution in [0.4, 0.5) is 19.5 Å². The zero-order valence-electron chi connectivity index (χ0n) is 23.2. The SMILES string of the molecule is CN(C(=O)O)[C@@H]1CCN(C2CCC(Oc3cc(-n4c(C(F)F)nc5ccccc54)nc(N4CCOCC4)n3)CC2)C1=O. The van der Waals surface area contributed by atoms with Gasteiger partial charge in [0, 0.05) is 38.8 Å². The van der Waals surface area contributed by atoms with E-state index in [1.165, 1.54) is 11.6 Å². The van der Waals surface area contributed by atoms with Crippen molar-refractivity contribution in [2.45, 2.75) is 56.7 Å². The largest absolute Gasteiger partial charge is 0.474 e. The number of morpholine rings is 1. The molecule has 1 atom stereocenters. The summed E-state index contributed by atoms with van der Waals surface area (Å²) in [5.41, 5.74) is 0.946. The number of amides is 2. The lowest BCUT2D eigenvalue weighted by Crippen LogP contribution is -2.46. The maximum atomic E-state index is 14.1. The number of carbonyl (C=O) groups excluding carboxylic acids is 1. The standard InChI is InChI=1S/C28H33F2N7O5/c1-34(28(39)40)21-10-11-36(26(21)38)17-6-8-18(9-7-17)42-23-16-22(32-27(33-23)35-12-14-41-15-13-35)37-20-5-3-2-4-19(20)31-25(37)24(29)30/h2-5,16-18,21,24H,6-15H2,1H3,(H,39,40)/t17?,18?,21-/m1/s1. The minimum atomic E-state index is -2.82. The third kappa shape index (κ3) is 5.42. The van der Waals surface area contributed by atoms with Crippen LogP contribution in [0.1, 0.15) is 44.4 Å². The topological polar surface area (TPSA) is 126 Å². The van der Waals surface area contributed by atoms with E-state index >= 15 is 0 Å². The van der Waals surface area contributed by atoms with E-state index < -0.39 is 24.4 Å². The highest BCUT2D eigenvalue weighted by atomic mass is 19.3. The Hall–Kier alpha value is -4.07. The number of para-hydroxylation sites is 2.